The summed E-state index contributed by atoms with van der Waals surface area (Å²) < 4.78 is 12.8. The second-order valence-electron chi connectivity index (χ2n) is 10.8. The van der Waals surface area contributed by atoms with Gasteiger partial charge in [-0.25, -0.2) is 0 Å². The van der Waals surface area contributed by atoms with Crippen molar-refractivity contribution in [1.29, 1.82) is 0 Å². The van der Waals surface area contributed by atoms with Gasteiger partial charge in [0.15, 0.2) is 0 Å². The van der Waals surface area contributed by atoms with Crippen LogP contribution in [0.3, 0.4) is 0 Å². The minimum absolute atomic E-state index is 0.896. The number of furan rings is 1. The van der Waals surface area contributed by atoms with Crippen molar-refractivity contribution >= 4 is 32.7 Å². The van der Waals surface area contributed by atoms with E-state index in [4.69, 9.17) is 9.15 Å². The maximum absolute atomic E-state index is 6.46. The lowest BCUT2D eigenvalue weighted by molar-refractivity contribution is 0.487. The summed E-state index contributed by atoms with van der Waals surface area (Å²) in [7, 11) is 0. The minimum Gasteiger partial charge on any atom is -0.456 e. The third-order valence-corrected chi connectivity index (χ3v) is 8.49. The Labute approximate surface area is 243 Å². The smallest absolute Gasteiger partial charge is 0.143 e. The fourth-order valence-electron chi connectivity index (χ4n) is 6.62. The van der Waals surface area contributed by atoms with Crippen molar-refractivity contribution in [2.45, 2.75) is 0 Å². The Bertz CT molecular complexity index is 2340. The van der Waals surface area contributed by atoms with E-state index in [1.54, 1.807) is 0 Å². The molecule has 1 aliphatic heterocycles. The molecule has 0 atom stereocenters. The highest BCUT2D eigenvalue weighted by atomic mass is 16.5. The highest BCUT2D eigenvalue weighted by Gasteiger charge is 2.22. The Hall–Kier alpha value is -5.60. The number of hydrogen-bond acceptors (Lipinski definition) is 2. The lowest BCUT2D eigenvalue weighted by Crippen LogP contribution is -1.97. The van der Waals surface area contributed by atoms with Crippen LogP contribution >= 0.6 is 0 Å². The van der Waals surface area contributed by atoms with Crippen molar-refractivity contribution < 1.29 is 9.15 Å². The maximum atomic E-state index is 6.46. The molecule has 0 radical (unpaired) electrons. The largest absolute Gasteiger partial charge is 0.456 e. The van der Waals surface area contributed by atoms with E-state index in [1.165, 1.54) is 33.2 Å². The van der Waals surface area contributed by atoms with Crippen LogP contribution in [0.5, 0.6) is 11.5 Å². The van der Waals surface area contributed by atoms with Gasteiger partial charge < -0.3 is 9.15 Å². The zero-order valence-corrected chi connectivity index (χ0v) is 22.7. The first kappa shape index (κ1) is 23.1. The Morgan fingerprint density at radius 1 is 0.381 bits per heavy atom. The van der Waals surface area contributed by atoms with Gasteiger partial charge in [-0.2, -0.15) is 0 Å². The second kappa shape index (κ2) is 8.95. The van der Waals surface area contributed by atoms with Gasteiger partial charge in [-0.05, 0) is 69.1 Å². The average molecular weight is 537 g/mol. The molecular formula is C40H24O2. The van der Waals surface area contributed by atoms with E-state index in [0.717, 1.165) is 55.5 Å². The van der Waals surface area contributed by atoms with E-state index in [-0.39, 0.29) is 0 Å². The van der Waals surface area contributed by atoms with Gasteiger partial charge in [0.05, 0.1) is 0 Å². The van der Waals surface area contributed by atoms with Gasteiger partial charge in [0.1, 0.15) is 22.7 Å². The van der Waals surface area contributed by atoms with Gasteiger partial charge in [0, 0.05) is 27.3 Å². The number of benzene rings is 7. The maximum Gasteiger partial charge on any atom is 0.143 e. The third kappa shape index (κ3) is 3.39. The zero-order valence-electron chi connectivity index (χ0n) is 22.7. The summed E-state index contributed by atoms with van der Waals surface area (Å²) in [5.74, 6) is 1.80. The number of rotatable bonds is 3. The SMILES string of the molecule is c1ccc2c(c1)Oc1cccc3cc(-c4ccccc4-c4ccccc4-c4cccc5c4oc4ccccc45)cc-2c13. The van der Waals surface area contributed by atoms with Gasteiger partial charge in [-0.3, -0.25) is 0 Å². The van der Waals surface area contributed by atoms with Crippen LogP contribution in [0, 0.1) is 0 Å². The molecule has 0 saturated carbocycles. The summed E-state index contributed by atoms with van der Waals surface area (Å²) in [6.45, 7) is 0. The van der Waals surface area contributed by atoms with Crippen molar-refractivity contribution in [1.82, 2.24) is 0 Å². The normalized spacial score (nSPS) is 12.0. The van der Waals surface area contributed by atoms with E-state index in [1.807, 2.05) is 24.3 Å². The van der Waals surface area contributed by atoms with Crippen LogP contribution < -0.4 is 4.74 Å². The van der Waals surface area contributed by atoms with E-state index < -0.39 is 0 Å². The van der Waals surface area contributed by atoms with Crippen LogP contribution in [0.4, 0.5) is 0 Å². The summed E-state index contributed by atoms with van der Waals surface area (Å²) in [6.07, 6.45) is 0. The Morgan fingerprint density at radius 2 is 0.976 bits per heavy atom. The fraction of sp³-hybridized carbons (Fsp3) is 0. The molecule has 0 N–H and O–H groups in total. The van der Waals surface area contributed by atoms with Crippen molar-refractivity contribution in [3.8, 4) is 56.0 Å². The summed E-state index contributed by atoms with van der Waals surface area (Å²) in [4.78, 5) is 0. The molecule has 2 nitrogen and oxygen atoms in total. The number of fused-ring (bicyclic) bond motifs is 5. The molecule has 0 aliphatic carbocycles. The molecule has 0 amide bonds. The highest BCUT2D eigenvalue weighted by molar-refractivity contribution is 6.11. The lowest BCUT2D eigenvalue weighted by atomic mass is 9.86. The summed E-state index contributed by atoms with van der Waals surface area (Å²) in [5.41, 5.74) is 11.1. The average Bonchev–Trinajstić information content (AvgIpc) is 3.44. The number of hydrogen-bond donors (Lipinski definition) is 0. The molecule has 0 fully saturated rings. The molecular weight excluding hydrogens is 512 g/mol. The molecule has 1 aromatic heterocycles. The van der Waals surface area contributed by atoms with Crippen molar-refractivity contribution in [3.05, 3.63) is 146 Å². The molecule has 7 aromatic carbocycles. The van der Waals surface area contributed by atoms with Gasteiger partial charge in [-0.1, -0.05) is 115 Å². The quantitative estimate of drug-likeness (QED) is 0.224. The van der Waals surface area contributed by atoms with Crippen molar-refractivity contribution in [2.75, 3.05) is 0 Å². The Kier molecular flexibility index (Phi) is 4.93. The second-order valence-corrected chi connectivity index (χ2v) is 10.8. The topological polar surface area (TPSA) is 22.4 Å². The lowest BCUT2D eigenvalue weighted by Gasteiger charge is -2.23. The number of para-hydroxylation sites is 3. The van der Waals surface area contributed by atoms with Gasteiger partial charge >= 0.3 is 0 Å². The van der Waals surface area contributed by atoms with E-state index in [2.05, 4.69) is 121 Å². The molecule has 2 heterocycles. The predicted octanol–water partition coefficient (Wildman–Crippen LogP) is 11.5. The van der Waals surface area contributed by atoms with Crippen molar-refractivity contribution in [3.63, 3.8) is 0 Å². The first-order chi connectivity index (χ1) is 20.8. The van der Waals surface area contributed by atoms with Crippen LogP contribution in [-0.2, 0) is 0 Å². The number of ether oxygens (including phenoxy) is 1. The minimum atomic E-state index is 0.896. The van der Waals surface area contributed by atoms with Crippen LogP contribution in [0.25, 0.3) is 77.2 Å². The van der Waals surface area contributed by atoms with Crippen molar-refractivity contribution in [2.24, 2.45) is 0 Å². The third-order valence-electron chi connectivity index (χ3n) is 8.49. The highest BCUT2D eigenvalue weighted by Crippen LogP contribution is 2.49. The van der Waals surface area contributed by atoms with Gasteiger partial charge in [0.25, 0.3) is 0 Å². The fourth-order valence-corrected chi connectivity index (χ4v) is 6.62. The molecule has 8 aromatic rings. The zero-order chi connectivity index (χ0) is 27.6. The molecule has 1 aliphatic rings. The standard InChI is InChI=1S/C40H24O2/c1-2-13-28(29-14-3-4-15-30(29)33-18-10-19-34-31-16-5-8-21-37(31)42-40(33)34)27(12-1)26-23-25-11-9-22-38-39(25)35(24-26)32-17-6-7-20-36(32)41-38/h1-24H. The van der Waals surface area contributed by atoms with E-state index in [9.17, 15) is 0 Å². The summed E-state index contributed by atoms with van der Waals surface area (Å²) in [5, 5.41) is 4.61. The first-order valence-electron chi connectivity index (χ1n) is 14.3. The van der Waals surface area contributed by atoms with Gasteiger partial charge in [0.2, 0.25) is 0 Å². The summed E-state index contributed by atoms with van der Waals surface area (Å²) >= 11 is 0. The molecule has 0 saturated heterocycles. The molecule has 0 unspecified atom stereocenters. The molecule has 9 rings (SSSR count). The molecule has 0 bridgehead atoms. The Balaban J connectivity index is 1.28. The summed E-state index contributed by atoms with van der Waals surface area (Å²) in [6, 6.07) is 51.4. The van der Waals surface area contributed by atoms with Crippen LogP contribution in [0.15, 0.2) is 150 Å². The molecule has 2 heteroatoms. The molecule has 196 valence electrons. The van der Waals surface area contributed by atoms with Crippen LogP contribution in [-0.4, -0.2) is 0 Å². The first-order valence-corrected chi connectivity index (χ1v) is 14.3. The van der Waals surface area contributed by atoms with Gasteiger partial charge in [-0.15, -0.1) is 0 Å². The monoisotopic (exact) mass is 536 g/mol. The Morgan fingerprint density at radius 3 is 1.83 bits per heavy atom. The van der Waals surface area contributed by atoms with E-state index >= 15 is 0 Å². The molecule has 0 spiro atoms. The van der Waals surface area contributed by atoms with Crippen LogP contribution in [0.1, 0.15) is 0 Å². The molecule has 42 heavy (non-hydrogen) atoms. The van der Waals surface area contributed by atoms with Crippen LogP contribution in [0.2, 0.25) is 0 Å². The van der Waals surface area contributed by atoms with E-state index in [0.29, 0.717) is 0 Å². The predicted molar refractivity (Wildman–Crippen MR) is 173 cm³/mol.